The summed E-state index contributed by atoms with van der Waals surface area (Å²) in [5.41, 5.74) is 0.367. The lowest BCUT2D eigenvalue weighted by molar-refractivity contribution is -0.141. The summed E-state index contributed by atoms with van der Waals surface area (Å²) in [6.07, 6.45) is 1.25. The lowest BCUT2D eigenvalue weighted by atomic mass is 10.1. The first-order valence-corrected chi connectivity index (χ1v) is 14.9. The van der Waals surface area contributed by atoms with Gasteiger partial charge in [-0.15, -0.1) is 0 Å². The van der Waals surface area contributed by atoms with Gasteiger partial charge in [0.05, 0.1) is 24.1 Å². The highest BCUT2D eigenvalue weighted by molar-refractivity contribution is 7.92. The van der Waals surface area contributed by atoms with Crippen molar-refractivity contribution in [1.29, 1.82) is 0 Å². The molecule has 0 aliphatic carbocycles. The van der Waals surface area contributed by atoms with Crippen molar-refractivity contribution in [1.82, 2.24) is 10.2 Å². The van der Waals surface area contributed by atoms with E-state index in [4.69, 9.17) is 39.5 Å². The summed E-state index contributed by atoms with van der Waals surface area (Å²) in [6.45, 7) is 7.21. The van der Waals surface area contributed by atoms with Crippen molar-refractivity contribution in [2.75, 3.05) is 24.2 Å². The number of benzene rings is 2. The Morgan fingerprint density at radius 3 is 2.16 bits per heavy atom. The summed E-state index contributed by atoms with van der Waals surface area (Å²) in [6, 6.07) is 8.84. The third-order valence-corrected chi connectivity index (χ3v) is 7.83. The van der Waals surface area contributed by atoms with Crippen LogP contribution in [0.25, 0.3) is 0 Å². The number of hydrogen-bond acceptors (Lipinski definition) is 5. The van der Waals surface area contributed by atoms with Crippen molar-refractivity contribution < 1.29 is 22.7 Å². The number of amides is 2. The number of sulfonamides is 1. The largest absolute Gasteiger partial charge is 0.495 e. The first-order valence-electron chi connectivity index (χ1n) is 11.9. The van der Waals surface area contributed by atoms with Gasteiger partial charge in [-0.3, -0.25) is 13.9 Å². The second-order valence-corrected chi connectivity index (χ2v) is 13.0. The number of ether oxygens (including phenoxy) is 1. The molecule has 8 nitrogen and oxygen atoms in total. The fourth-order valence-electron chi connectivity index (χ4n) is 3.72. The minimum Gasteiger partial charge on any atom is -0.495 e. The predicted octanol–water partition coefficient (Wildman–Crippen LogP) is 5.53. The fourth-order valence-corrected chi connectivity index (χ4v) is 5.45. The Hall–Kier alpha value is -2.20. The van der Waals surface area contributed by atoms with Crippen LogP contribution in [0.3, 0.4) is 0 Å². The Bertz CT molecular complexity index is 1250. The molecule has 0 saturated heterocycles. The highest BCUT2D eigenvalue weighted by Crippen LogP contribution is 2.31. The minimum absolute atomic E-state index is 0.0138. The van der Waals surface area contributed by atoms with Gasteiger partial charge in [0.25, 0.3) is 0 Å². The quantitative estimate of drug-likeness (QED) is 0.363. The molecule has 0 radical (unpaired) electrons. The standard InChI is InChI=1S/C26H34Cl3N3O5S/c1-17(25(34)30-26(2,3)4)31(16-19-20(27)9-7-10-21(19)28)24(33)11-8-14-32(38(6,35)36)18-12-13-23(37-5)22(29)15-18/h7,9-10,12-13,15,17H,8,11,14,16H2,1-6H3,(H,30,34). The Morgan fingerprint density at radius 1 is 1.05 bits per heavy atom. The van der Waals surface area contributed by atoms with Crippen LogP contribution < -0.4 is 14.4 Å². The average molecular weight is 607 g/mol. The van der Waals surface area contributed by atoms with E-state index in [1.165, 1.54) is 22.4 Å². The molecule has 0 saturated carbocycles. The molecular weight excluding hydrogens is 573 g/mol. The van der Waals surface area contributed by atoms with Gasteiger partial charge in [0.2, 0.25) is 21.8 Å². The number of rotatable bonds is 11. The third kappa shape index (κ3) is 8.93. The van der Waals surface area contributed by atoms with E-state index >= 15 is 0 Å². The van der Waals surface area contributed by atoms with E-state index in [1.54, 1.807) is 37.3 Å². The smallest absolute Gasteiger partial charge is 0.242 e. The zero-order chi connectivity index (χ0) is 28.8. The molecule has 1 atom stereocenters. The van der Waals surface area contributed by atoms with E-state index in [2.05, 4.69) is 5.32 Å². The van der Waals surface area contributed by atoms with Crippen molar-refractivity contribution in [2.24, 2.45) is 0 Å². The molecule has 1 N–H and O–H groups in total. The number of carbonyl (C=O) groups excluding carboxylic acids is 2. The maximum absolute atomic E-state index is 13.4. The lowest BCUT2D eigenvalue weighted by Crippen LogP contribution is -2.52. The van der Waals surface area contributed by atoms with Crippen LogP contribution in [0.15, 0.2) is 36.4 Å². The Balaban J connectivity index is 2.27. The van der Waals surface area contributed by atoms with Gasteiger partial charge >= 0.3 is 0 Å². The number of anilines is 1. The Kier molecular flexibility index (Phi) is 11.2. The van der Waals surface area contributed by atoms with E-state index in [0.717, 1.165) is 6.26 Å². The van der Waals surface area contributed by atoms with Crippen LogP contribution in [-0.4, -0.2) is 56.6 Å². The first kappa shape index (κ1) is 32.0. The van der Waals surface area contributed by atoms with Gasteiger partial charge in [-0.2, -0.15) is 0 Å². The molecule has 0 aliphatic rings. The maximum atomic E-state index is 13.4. The van der Waals surface area contributed by atoms with Gasteiger partial charge in [0, 0.05) is 40.7 Å². The van der Waals surface area contributed by atoms with Crippen molar-refractivity contribution in [2.45, 2.75) is 58.7 Å². The number of nitrogens with zero attached hydrogens (tertiary/aromatic N) is 2. The topological polar surface area (TPSA) is 96.0 Å². The van der Waals surface area contributed by atoms with Crippen LogP contribution in [-0.2, 0) is 26.2 Å². The second-order valence-electron chi connectivity index (χ2n) is 9.89. The van der Waals surface area contributed by atoms with Gasteiger partial charge in [0.1, 0.15) is 11.8 Å². The highest BCUT2D eigenvalue weighted by Gasteiger charge is 2.29. The molecule has 12 heteroatoms. The van der Waals surface area contributed by atoms with Crippen molar-refractivity contribution in [3.8, 4) is 5.75 Å². The minimum atomic E-state index is -3.67. The summed E-state index contributed by atoms with van der Waals surface area (Å²) in [7, 11) is -2.21. The molecule has 0 fully saturated rings. The normalized spacial score (nSPS) is 12.6. The number of methoxy groups -OCH3 is 1. The van der Waals surface area contributed by atoms with Crippen molar-refractivity contribution >= 4 is 62.3 Å². The van der Waals surface area contributed by atoms with E-state index in [1.807, 2.05) is 20.8 Å². The van der Waals surface area contributed by atoms with Crippen LogP contribution in [0.5, 0.6) is 5.75 Å². The van der Waals surface area contributed by atoms with Gasteiger partial charge < -0.3 is 15.0 Å². The van der Waals surface area contributed by atoms with Crippen LogP contribution in [0.4, 0.5) is 5.69 Å². The van der Waals surface area contributed by atoms with Gasteiger partial charge in [0.15, 0.2) is 0 Å². The number of hydrogen-bond donors (Lipinski definition) is 1. The second kappa shape index (κ2) is 13.2. The van der Waals surface area contributed by atoms with E-state index in [-0.39, 0.29) is 42.8 Å². The number of nitrogens with one attached hydrogen (secondary N) is 1. The number of halogens is 3. The molecule has 1 unspecified atom stereocenters. The van der Waals surface area contributed by atoms with Gasteiger partial charge in [-0.25, -0.2) is 8.42 Å². The van der Waals surface area contributed by atoms with Gasteiger partial charge in [-0.1, -0.05) is 40.9 Å². The zero-order valence-electron chi connectivity index (χ0n) is 22.3. The van der Waals surface area contributed by atoms with Crippen LogP contribution in [0, 0.1) is 0 Å². The summed E-state index contributed by atoms with van der Waals surface area (Å²) >= 11 is 18.9. The molecule has 0 aliphatic heterocycles. The molecule has 0 bridgehead atoms. The Morgan fingerprint density at radius 2 is 1.66 bits per heavy atom. The summed E-state index contributed by atoms with van der Waals surface area (Å²) in [5, 5.41) is 3.90. The van der Waals surface area contributed by atoms with Gasteiger partial charge in [-0.05, 0) is 64.4 Å². The van der Waals surface area contributed by atoms with E-state index in [0.29, 0.717) is 27.0 Å². The summed E-state index contributed by atoms with van der Waals surface area (Å²) in [4.78, 5) is 27.8. The van der Waals surface area contributed by atoms with E-state index < -0.39 is 21.6 Å². The number of carbonyl (C=O) groups is 2. The molecule has 2 amide bonds. The zero-order valence-corrected chi connectivity index (χ0v) is 25.4. The van der Waals surface area contributed by atoms with Crippen molar-refractivity contribution in [3.63, 3.8) is 0 Å². The molecule has 0 heterocycles. The maximum Gasteiger partial charge on any atom is 0.242 e. The summed E-state index contributed by atoms with van der Waals surface area (Å²) < 4.78 is 31.4. The van der Waals surface area contributed by atoms with Crippen LogP contribution in [0.1, 0.15) is 46.1 Å². The average Bonchev–Trinajstić information content (AvgIpc) is 2.79. The Labute approximate surface area is 240 Å². The van der Waals surface area contributed by atoms with Crippen molar-refractivity contribution in [3.05, 3.63) is 57.0 Å². The van der Waals surface area contributed by atoms with Crippen LogP contribution >= 0.6 is 34.8 Å². The predicted molar refractivity (Wildman–Crippen MR) is 154 cm³/mol. The molecule has 2 aromatic carbocycles. The van der Waals surface area contributed by atoms with E-state index in [9.17, 15) is 18.0 Å². The molecule has 2 rings (SSSR count). The first-order chi connectivity index (χ1) is 17.5. The SMILES string of the molecule is COc1ccc(N(CCCC(=O)N(Cc2c(Cl)cccc2Cl)C(C)C(=O)NC(C)(C)C)S(C)(=O)=O)cc1Cl. The molecule has 0 aromatic heterocycles. The third-order valence-electron chi connectivity index (χ3n) is 5.63. The summed E-state index contributed by atoms with van der Waals surface area (Å²) in [5.74, 6) is -0.270. The highest BCUT2D eigenvalue weighted by atomic mass is 35.5. The molecule has 2 aromatic rings. The van der Waals surface area contributed by atoms with Crippen LogP contribution in [0.2, 0.25) is 15.1 Å². The molecule has 210 valence electrons. The lowest BCUT2D eigenvalue weighted by Gasteiger charge is -2.32. The monoisotopic (exact) mass is 605 g/mol. The molecular formula is C26H34Cl3N3O5S. The molecule has 38 heavy (non-hydrogen) atoms. The fraction of sp³-hybridized carbons (Fsp3) is 0.462. The molecule has 0 spiro atoms.